The van der Waals surface area contributed by atoms with Gasteiger partial charge in [0, 0.05) is 42.7 Å². The van der Waals surface area contributed by atoms with E-state index >= 15 is 0 Å². The number of nitrogens with one attached hydrogen (secondary N) is 1. The number of alkyl halides is 3. The second kappa shape index (κ2) is 8.58. The Kier molecular flexibility index (Phi) is 5.84. The number of halogens is 3. The highest BCUT2D eigenvalue weighted by Crippen LogP contribution is 2.31. The molecule has 0 spiro atoms. The van der Waals surface area contributed by atoms with Crippen molar-refractivity contribution in [1.82, 2.24) is 9.97 Å². The van der Waals surface area contributed by atoms with E-state index in [-0.39, 0.29) is 11.9 Å². The summed E-state index contributed by atoms with van der Waals surface area (Å²) in [5.74, 6) is -0.714. The molecule has 2 aromatic heterocycles. The van der Waals surface area contributed by atoms with Crippen LogP contribution >= 0.6 is 0 Å². The summed E-state index contributed by atoms with van der Waals surface area (Å²) in [5, 5.41) is 2.44. The van der Waals surface area contributed by atoms with E-state index in [2.05, 4.69) is 20.2 Å². The highest BCUT2D eigenvalue weighted by atomic mass is 19.4. The van der Waals surface area contributed by atoms with Crippen LogP contribution in [0.25, 0.3) is 11.1 Å². The number of hydrogen-bond donors (Lipinski definition) is 2. The van der Waals surface area contributed by atoms with Crippen LogP contribution in [-0.4, -0.2) is 35.0 Å². The monoisotopic (exact) mass is 441 g/mol. The summed E-state index contributed by atoms with van der Waals surface area (Å²) in [6.07, 6.45) is 0.921. The van der Waals surface area contributed by atoms with Gasteiger partial charge in [-0.25, -0.2) is 4.98 Å². The molecular weight excluding hydrogens is 419 g/mol. The fourth-order valence-corrected chi connectivity index (χ4v) is 3.71. The molecule has 3 heterocycles. The number of rotatable bonds is 4. The summed E-state index contributed by atoms with van der Waals surface area (Å²) in [4.78, 5) is 23.1. The summed E-state index contributed by atoms with van der Waals surface area (Å²) >= 11 is 0. The standard InChI is InChI=1S/C23H22F3N5O/c1-14-2-3-15(22(32)30-21-10-17(4-6-29-21)23(24,25)26)9-20(14)16-8-19(12-28-11-16)31-7-5-18(27)13-31/h2-4,6,8-12,18H,5,7,13,27H2,1H3,(H,29,30,32)/t18-/m0/s1. The molecule has 1 atom stereocenters. The van der Waals surface area contributed by atoms with Crippen molar-refractivity contribution in [2.75, 3.05) is 23.3 Å². The highest BCUT2D eigenvalue weighted by molar-refractivity contribution is 6.04. The van der Waals surface area contributed by atoms with Gasteiger partial charge in [0.2, 0.25) is 0 Å². The van der Waals surface area contributed by atoms with Gasteiger partial charge in [0.25, 0.3) is 5.91 Å². The number of carbonyl (C=O) groups is 1. The first-order valence-corrected chi connectivity index (χ1v) is 10.1. The lowest BCUT2D eigenvalue weighted by molar-refractivity contribution is -0.137. The van der Waals surface area contributed by atoms with Gasteiger partial charge < -0.3 is 16.0 Å². The quantitative estimate of drug-likeness (QED) is 0.632. The van der Waals surface area contributed by atoms with E-state index in [1.165, 1.54) is 0 Å². The molecule has 1 aromatic carbocycles. The molecule has 1 aliphatic heterocycles. The Morgan fingerprint density at radius 3 is 2.72 bits per heavy atom. The van der Waals surface area contributed by atoms with E-state index in [0.717, 1.165) is 60.2 Å². The van der Waals surface area contributed by atoms with Gasteiger partial charge >= 0.3 is 6.18 Å². The van der Waals surface area contributed by atoms with Crippen LogP contribution in [0.5, 0.6) is 0 Å². The van der Waals surface area contributed by atoms with Gasteiger partial charge in [-0.3, -0.25) is 9.78 Å². The third kappa shape index (κ3) is 4.72. The van der Waals surface area contributed by atoms with Crippen molar-refractivity contribution in [3.63, 3.8) is 0 Å². The number of anilines is 2. The van der Waals surface area contributed by atoms with Gasteiger partial charge in [-0.05, 0) is 54.8 Å². The van der Waals surface area contributed by atoms with Crippen molar-refractivity contribution in [3.05, 3.63) is 71.7 Å². The molecule has 3 aromatic rings. The Morgan fingerprint density at radius 2 is 2.00 bits per heavy atom. The molecule has 1 amide bonds. The van der Waals surface area contributed by atoms with Crippen LogP contribution in [0.15, 0.2) is 55.0 Å². The molecule has 0 radical (unpaired) electrons. The average Bonchev–Trinajstić information content (AvgIpc) is 3.20. The first kappa shape index (κ1) is 21.8. The SMILES string of the molecule is Cc1ccc(C(=O)Nc2cc(C(F)(F)F)ccn2)cc1-c1cncc(N2CC[C@H](N)C2)c1. The fraction of sp³-hybridized carbons (Fsp3) is 0.261. The molecule has 0 unspecified atom stereocenters. The van der Waals surface area contributed by atoms with Crippen molar-refractivity contribution < 1.29 is 18.0 Å². The molecular formula is C23H22F3N5O. The van der Waals surface area contributed by atoms with E-state index in [4.69, 9.17) is 5.73 Å². The second-order valence-corrected chi connectivity index (χ2v) is 7.84. The predicted molar refractivity (Wildman–Crippen MR) is 116 cm³/mol. The van der Waals surface area contributed by atoms with Crippen molar-refractivity contribution in [2.24, 2.45) is 5.73 Å². The fourth-order valence-electron chi connectivity index (χ4n) is 3.71. The Labute approximate surface area is 183 Å². The van der Waals surface area contributed by atoms with Crippen LogP contribution in [0.1, 0.15) is 27.9 Å². The number of hydrogen-bond acceptors (Lipinski definition) is 5. The summed E-state index contributed by atoms with van der Waals surface area (Å²) in [5.41, 5.74) is 8.99. The maximum absolute atomic E-state index is 12.9. The summed E-state index contributed by atoms with van der Waals surface area (Å²) < 4.78 is 38.8. The molecule has 0 bridgehead atoms. The maximum Gasteiger partial charge on any atom is 0.416 e. The topological polar surface area (TPSA) is 84.1 Å². The Bertz CT molecular complexity index is 1150. The smallest absolute Gasteiger partial charge is 0.369 e. The second-order valence-electron chi connectivity index (χ2n) is 7.84. The Balaban J connectivity index is 1.59. The number of aromatic nitrogens is 2. The molecule has 1 aliphatic rings. The van der Waals surface area contributed by atoms with E-state index in [0.29, 0.717) is 5.56 Å². The van der Waals surface area contributed by atoms with E-state index in [1.54, 1.807) is 30.6 Å². The van der Waals surface area contributed by atoms with E-state index < -0.39 is 17.6 Å². The number of carbonyl (C=O) groups excluding carboxylic acids is 1. The molecule has 166 valence electrons. The number of benzene rings is 1. The maximum atomic E-state index is 12.9. The lowest BCUT2D eigenvalue weighted by Gasteiger charge is -2.19. The minimum Gasteiger partial charge on any atom is -0.369 e. The largest absolute Gasteiger partial charge is 0.416 e. The predicted octanol–water partition coefficient (Wildman–Crippen LogP) is 4.26. The van der Waals surface area contributed by atoms with Crippen LogP contribution in [0.3, 0.4) is 0 Å². The van der Waals surface area contributed by atoms with Gasteiger partial charge in [0.05, 0.1) is 17.4 Å². The van der Waals surface area contributed by atoms with Crippen LogP contribution in [0.4, 0.5) is 24.7 Å². The van der Waals surface area contributed by atoms with E-state index in [9.17, 15) is 18.0 Å². The third-order valence-electron chi connectivity index (χ3n) is 5.45. The number of amides is 1. The summed E-state index contributed by atoms with van der Waals surface area (Å²) in [6, 6.07) is 8.92. The molecule has 1 saturated heterocycles. The minimum absolute atomic E-state index is 0.136. The van der Waals surface area contributed by atoms with Crippen molar-refractivity contribution >= 4 is 17.4 Å². The summed E-state index contributed by atoms with van der Waals surface area (Å²) in [7, 11) is 0. The van der Waals surface area contributed by atoms with Crippen molar-refractivity contribution in [1.29, 1.82) is 0 Å². The molecule has 1 fully saturated rings. The zero-order valence-electron chi connectivity index (χ0n) is 17.4. The number of nitrogens with zero attached hydrogens (tertiary/aromatic N) is 3. The normalized spacial score (nSPS) is 16.3. The zero-order valence-corrected chi connectivity index (χ0v) is 17.4. The Morgan fingerprint density at radius 1 is 1.19 bits per heavy atom. The third-order valence-corrected chi connectivity index (χ3v) is 5.45. The van der Waals surface area contributed by atoms with Crippen molar-refractivity contribution in [3.8, 4) is 11.1 Å². The zero-order chi connectivity index (χ0) is 22.9. The highest BCUT2D eigenvalue weighted by Gasteiger charge is 2.31. The first-order chi connectivity index (χ1) is 15.2. The van der Waals surface area contributed by atoms with Crippen molar-refractivity contribution in [2.45, 2.75) is 25.6 Å². The van der Waals surface area contributed by atoms with Crippen LogP contribution < -0.4 is 16.0 Å². The minimum atomic E-state index is -4.52. The molecule has 9 heteroatoms. The van der Waals surface area contributed by atoms with Gasteiger partial charge in [0.15, 0.2) is 0 Å². The van der Waals surface area contributed by atoms with Crippen LogP contribution in [-0.2, 0) is 6.18 Å². The van der Waals surface area contributed by atoms with Gasteiger partial charge in [0.1, 0.15) is 5.82 Å². The van der Waals surface area contributed by atoms with Gasteiger partial charge in [-0.1, -0.05) is 6.07 Å². The molecule has 32 heavy (non-hydrogen) atoms. The number of pyridine rings is 2. The molecule has 3 N–H and O–H groups in total. The Hall–Kier alpha value is -3.46. The first-order valence-electron chi connectivity index (χ1n) is 10.1. The lowest BCUT2D eigenvalue weighted by Crippen LogP contribution is -2.26. The molecule has 4 rings (SSSR count). The van der Waals surface area contributed by atoms with E-state index in [1.807, 2.05) is 13.0 Å². The number of aryl methyl sites for hydroxylation is 1. The summed E-state index contributed by atoms with van der Waals surface area (Å²) in [6.45, 7) is 3.54. The molecule has 6 nitrogen and oxygen atoms in total. The molecule has 0 aliphatic carbocycles. The van der Waals surface area contributed by atoms with Crippen LogP contribution in [0.2, 0.25) is 0 Å². The lowest BCUT2D eigenvalue weighted by atomic mass is 9.98. The number of nitrogens with two attached hydrogens (primary N) is 1. The average molecular weight is 441 g/mol. The van der Waals surface area contributed by atoms with Gasteiger partial charge in [-0.2, -0.15) is 13.2 Å². The van der Waals surface area contributed by atoms with Gasteiger partial charge in [-0.15, -0.1) is 0 Å². The molecule has 0 saturated carbocycles. The van der Waals surface area contributed by atoms with Crippen LogP contribution in [0, 0.1) is 6.92 Å².